The zero-order valence-corrected chi connectivity index (χ0v) is 17.9. The summed E-state index contributed by atoms with van der Waals surface area (Å²) in [6.45, 7) is 2.02. The summed E-state index contributed by atoms with van der Waals surface area (Å²) in [5.74, 6) is 0.315. The lowest BCUT2D eigenvalue weighted by molar-refractivity contribution is 0.395. The van der Waals surface area contributed by atoms with Crippen LogP contribution in [0.3, 0.4) is 0 Å². The Bertz CT molecular complexity index is 1230. The number of halogens is 3. The fourth-order valence-corrected chi connectivity index (χ4v) is 3.81. The number of nitriles is 1. The van der Waals surface area contributed by atoms with E-state index < -0.39 is 11.4 Å². The molecule has 0 atom stereocenters. The van der Waals surface area contributed by atoms with Crippen molar-refractivity contribution in [2.24, 2.45) is 0 Å². The number of methoxy groups -OCH3 is 2. The Balaban J connectivity index is 2.52. The summed E-state index contributed by atoms with van der Waals surface area (Å²) in [7, 11) is 2.97. The second kappa shape index (κ2) is 8.78. The van der Waals surface area contributed by atoms with Crippen molar-refractivity contribution < 1.29 is 13.9 Å². The molecule has 1 heterocycles. The number of aromatic nitrogens is 1. The summed E-state index contributed by atoms with van der Waals surface area (Å²) >= 11 is 12.9. The molecule has 0 saturated carbocycles. The molecule has 0 amide bonds. The Kier molecular flexibility index (Phi) is 6.35. The number of ether oxygens (including phenoxy) is 2. The minimum absolute atomic E-state index is 0.0633. The normalized spacial score (nSPS) is 10.6. The van der Waals surface area contributed by atoms with Gasteiger partial charge in [-0.15, -0.1) is 0 Å². The fourth-order valence-electron chi connectivity index (χ4n) is 3.26. The maximum absolute atomic E-state index is 13.7. The molecule has 0 aliphatic rings. The van der Waals surface area contributed by atoms with E-state index in [9.17, 15) is 14.4 Å². The van der Waals surface area contributed by atoms with Gasteiger partial charge in [-0.25, -0.2) is 4.39 Å². The highest BCUT2D eigenvalue weighted by molar-refractivity contribution is 6.35. The largest absolute Gasteiger partial charge is 0.497 e. The van der Waals surface area contributed by atoms with Gasteiger partial charge in [-0.3, -0.25) is 4.79 Å². The Labute approximate surface area is 182 Å². The Morgan fingerprint density at radius 1 is 1.07 bits per heavy atom. The lowest BCUT2D eigenvalue weighted by Crippen LogP contribution is -2.24. The molecule has 0 bridgehead atoms. The third-order valence-electron chi connectivity index (χ3n) is 4.67. The number of benzene rings is 2. The average molecular weight is 447 g/mol. The summed E-state index contributed by atoms with van der Waals surface area (Å²) in [5, 5.41) is 9.90. The van der Waals surface area contributed by atoms with Crippen LogP contribution in [0.2, 0.25) is 10.0 Å². The molecule has 1 aromatic heterocycles. The van der Waals surface area contributed by atoms with Gasteiger partial charge < -0.3 is 14.0 Å². The molecule has 0 N–H and O–H groups in total. The molecule has 0 spiro atoms. The van der Waals surface area contributed by atoms with Crippen molar-refractivity contribution in [2.75, 3.05) is 14.2 Å². The molecule has 8 heteroatoms. The topological polar surface area (TPSA) is 64.2 Å². The van der Waals surface area contributed by atoms with Gasteiger partial charge in [-0.2, -0.15) is 5.26 Å². The van der Waals surface area contributed by atoms with Crippen LogP contribution >= 0.6 is 23.2 Å². The van der Waals surface area contributed by atoms with Gasteiger partial charge in [0.15, 0.2) is 0 Å². The number of pyridine rings is 1. The van der Waals surface area contributed by atoms with Crippen LogP contribution in [0.5, 0.6) is 11.5 Å². The third-order valence-corrected chi connectivity index (χ3v) is 5.37. The summed E-state index contributed by atoms with van der Waals surface area (Å²) in [6.07, 6.45) is 0. The van der Waals surface area contributed by atoms with Crippen LogP contribution < -0.4 is 15.0 Å². The van der Waals surface area contributed by atoms with Crippen molar-refractivity contribution in [3.8, 4) is 40.0 Å². The molecule has 0 radical (unpaired) electrons. The molecular formula is C22H17Cl2FN2O3. The molecule has 5 nitrogen and oxygen atoms in total. The minimum Gasteiger partial charge on any atom is -0.497 e. The Morgan fingerprint density at radius 3 is 2.37 bits per heavy atom. The average Bonchev–Trinajstić information content (AvgIpc) is 2.74. The first-order chi connectivity index (χ1) is 14.4. The van der Waals surface area contributed by atoms with Crippen molar-refractivity contribution in [2.45, 2.75) is 13.5 Å². The molecular weight excluding hydrogens is 430 g/mol. The third kappa shape index (κ3) is 3.74. The molecule has 0 saturated heterocycles. The van der Waals surface area contributed by atoms with E-state index in [0.29, 0.717) is 33.9 Å². The maximum atomic E-state index is 13.7. The number of nitrogens with zero attached hydrogens (tertiary/aromatic N) is 2. The van der Waals surface area contributed by atoms with Crippen molar-refractivity contribution in [1.29, 1.82) is 5.26 Å². The summed E-state index contributed by atoms with van der Waals surface area (Å²) < 4.78 is 25.8. The number of rotatable bonds is 5. The first-order valence-corrected chi connectivity index (χ1v) is 9.67. The van der Waals surface area contributed by atoms with Gasteiger partial charge in [0.2, 0.25) is 0 Å². The van der Waals surface area contributed by atoms with Gasteiger partial charge >= 0.3 is 0 Å². The lowest BCUT2D eigenvalue weighted by atomic mass is 9.96. The summed E-state index contributed by atoms with van der Waals surface area (Å²) in [4.78, 5) is 12.9. The quantitative estimate of drug-likeness (QED) is 0.516. The van der Waals surface area contributed by atoms with Crippen LogP contribution in [0.25, 0.3) is 22.4 Å². The molecule has 0 fully saturated rings. The van der Waals surface area contributed by atoms with E-state index in [1.165, 1.54) is 37.0 Å². The summed E-state index contributed by atoms with van der Waals surface area (Å²) in [5.41, 5.74) is 1.22. The van der Waals surface area contributed by atoms with E-state index in [-0.39, 0.29) is 22.2 Å². The van der Waals surface area contributed by atoms with Crippen LogP contribution in [0.4, 0.5) is 4.39 Å². The monoisotopic (exact) mass is 446 g/mol. The van der Waals surface area contributed by atoms with Crippen LogP contribution in [0, 0.1) is 17.1 Å². The predicted molar refractivity (Wildman–Crippen MR) is 115 cm³/mol. The lowest BCUT2D eigenvalue weighted by Gasteiger charge is -2.20. The Morgan fingerprint density at radius 2 is 1.80 bits per heavy atom. The van der Waals surface area contributed by atoms with Crippen LogP contribution in [-0.4, -0.2) is 18.8 Å². The van der Waals surface area contributed by atoms with E-state index in [1.54, 1.807) is 19.1 Å². The smallest absolute Gasteiger partial charge is 0.268 e. The number of hydrogen-bond donors (Lipinski definition) is 0. The van der Waals surface area contributed by atoms with Crippen LogP contribution in [0.1, 0.15) is 12.5 Å². The maximum Gasteiger partial charge on any atom is 0.268 e. The zero-order chi connectivity index (χ0) is 22.0. The summed E-state index contributed by atoms with van der Waals surface area (Å²) in [6, 6.07) is 10.6. The van der Waals surface area contributed by atoms with Crippen molar-refractivity contribution >= 4 is 23.2 Å². The van der Waals surface area contributed by atoms with Gasteiger partial charge in [-0.05, 0) is 37.3 Å². The fraction of sp³-hybridized carbons (Fsp3) is 0.182. The molecule has 0 aliphatic carbocycles. The highest BCUT2D eigenvalue weighted by atomic mass is 35.5. The van der Waals surface area contributed by atoms with Crippen LogP contribution in [-0.2, 0) is 6.54 Å². The highest BCUT2D eigenvalue weighted by Crippen LogP contribution is 2.43. The van der Waals surface area contributed by atoms with E-state index >= 15 is 0 Å². The molecule has 0 unspecified atom stereocenters. The molecule has 2 aromatic carbocycles. The minimum atomic E-state index is -0.509. The van der Waals surface area contributed by atoms with Gasteiger partial charge in [-0.1, -0.05) is 23.2 Å². The highest BCUT2D eigenvalue weighted by Gasteiger charge is 2.22. The van der Waals surface area contributed by atoms with E-state index in [4.69, 9.17) is 32.7 Å². The van der Waals surface area contributed by atoms with Crippen molar-refractivity contribution in [1.82, 2.24) is 4.57 Å². The predicted octanol–water partition coefficient (Wildman–Crippen LogP) is 5.54. The molecule has 3 aromatic rings. The van der Waals surface area contributed by atoms with Crippen molar-refractivity contribution in [3.05, 3.63) is 68.2 Å². The number of hydrogen-bond acceptors (Lipinski definition) is 4. The molecule has 30 heavy (non-hydrogen) atoms. The first-order valence-electron chi connectivity index (χ1n) is 8.91. The van der Waals surface area contributed by atoms with E-state index in [2.05, 4.69) is 0 Å². The zero-order valence-electron chi connectivity index (χ0n) is 16.4. The second-order valence-electron chi connectivity index (χ2n) is 6.30. The Hall–Kier alpha value is -3.01. The van der Waals surface area contributed by atoms with Gasteiger partial charge in [0.1, 0.15) is 28.9 Å². The second-order valence-corrected chi connectivity index (χ2v) is 7.08. The van der Waals surface area contributed by atoms with Crippen LogP contribution in [0.15, 0.2) is 41.2 Å². The van der Waals surface area contributed by atoms with Crippen molar-refractivity contribution in [3.63, 3.8) is 0 Å². The van der Waals surface area contributed by atoms with Gasteiger partial charge in [0.25, 0.3) is 5.56 Å². The van der Waals surface area contributed by atoms with Gasteiger partial charge in [0.05, 0.1) is 30.0 Å². The molecule has 0 aliphatic heterocycles. The van der Waals surface area contributed by atoms with E-state index in [0.717, 1.165) is 6.07 Å². The SMILES string of the molecule is CCn1c(-c2ccc(F)cc2Cl)c(-c2cc(OC)cc(OC)c2Cl)cc(C#N)c1=O. The molecule has 3 rings (SSSR count). The molecule has 154 valence electrons. The van der Waals surface area contributed by atoms with E-state index in [1.807, 2.05) is 6.07 Å². The van der Waals surface area contributed by atoms with Gasteiger partial charge in [0, 0.05) is 29.3 Å². The standard InChI is InChI=1S/C22H17Cl2FN2O3/c1-4-27-21(15-6-5-13(25)8-18(15)23)17(7-12(11-26)22(27)28)16-9-14(29-2)10-19(30-3)20(16)24/h5-10H,4H2,1-3H3. The first kappa shape index (κ1) is 21.7.